The number of thiazole rings is 1. The molecule has 1 aliphatic rings. The number of piperazine rings is 1. The van der Waals surface area contributed by atoms with Crippen LogP contribution in [0.15, 0.2) is 54.1 Å². The quantitative estimate of drug-likeness (QED) is 0.515. The molecule has 0 N–H and O–H groups in total. The van der Waals surface area contributed by atoms with Crippen LogP contribution in [0.3, 0.4) is 0 Å². The van der Waals surface area contributed by atoms with E-state index < -0.39 is 0 Å². The van der Waals surface area contributed by atoms with Crippen molar-refractivity contribution in [1.29, 1.82) is 0 Å². The number of rotatable bonds is 6. The van der Waals surface area contributed by atoms with Crippen molar-refractivity contribution in [3.63, 3.8) is 0 Å². The maximum absolute atomic E-state index is 12.7. The van der Waals surface area contributed by atoms with Crippen molar-refractivity contribution >= 4 is 40.7 Å². The van der Waals surface area contributed by atoms with Crippen LogP contribution in [0.1, 0.15) is 16.3 Å². The fraction of sp³-hybridized carbons (Fsp3) is 0.261. The molecule has 8 heteroatoms. The number of anilines is 1. The van der Waals surface area contributed by atoms with E-state index >= 15 is 0 Å². The molecule has 0 unspecified atom stereocenters. The lowest BCUT2D eigenvalue weighted by Gasteiger charge is -2.35. The maximum atomic E-state index is 12.7. The van der Waals surface area contributed by atoms with E-state index in [0.29, 0.717) is 37.8 Å². The molecule has 0 radical (unpaired) electrons. The molecule has 3 aromatic rings. The summed E-state index contributed by atoms with van der Waals surface area (Å²) in [5.41, 5.74) is 1.77. The van der Waals surface area contributed by atoms with Crippen LogP contribution in [0.25, 0.3) is 6.08 Å². The Hall–Kier alpha value is -2.90. The molecule has 1 fully saturated rings. The molecule has 0 saturated carbocycles. The van der Waals surface area contributed by atoms with Crippen LogP contribution in [0.4, 0.5) is 5.82 Å². The van der Waals surface area contributed by atoms with E-state index in [4.69, 9.17) is 16.3 Å². The molecular weight excluding hydrogens is 432 g/mol. The number of benzene rings is 1. The van der Waals surface area contributed by atoms with Crippen molar-refractivity contribution < 1.29 is 9.53 Å². The lowest BCUT2D eigenvalue weighted by atomic mass is 10.2. The van der Waals surface area contributed by atoms with Gasteiger partial charge in [0.25, 0.3) is 0 Å². The fourth-order valence-electron chi connectivity index (χ4n) is 3.39. The summed E-state index contributed by atoms with van der Waals surface area (Å²) in [5.74, 6) is 1.48. The third-order valence-electron chi connectivity index (χ3n) is 5.00. The number of carbonyl (C=O) groups is 1. The van der Waals surface area contributed by atoms with E-state index in [2.05, 4.69) is 14.9 Å². The largest absolute Gasteiger partial charge is 0.487 e. The van der Waals surface area contributed by atoms with Gasteiger partial charge < -0.3 is 14.5 Å². The van der Waals surface area contributed by atoms with Crippen molar-refractivity contribution in [2.24, 2.45) is 0 Å². The SMILES string of the molecule is Cc1nc(COc2ccccc2/C=C/C(=O)N2CCN(c3ncccc3Cl)CC2)cs1. The van der Waals surface area contributed by atoms with Gasteiger partial charge in [-0.15, -0.1) is 11.3 Å². The molecule has 1 amide bonds. The fourth-order valence-corrected chi connectivity index (χ4v) is 4.23. The van der Waals surface area contributed by atoms with Crippen molar-refractivity contribution in [2.45, 2.75) is 13.5 Å². The highest BCUT2D eigenvalue weighted by molar-refractivity contribution is 7.09. The molecule has 160 valence electrons. The summed E-state index contributed by atoms with van der Waals surface area (Å²) < 4.78 is 5.93. The maximum Gasteiger partial charge on any atom is 0.246 e. The predicted molar refractivity (Wildman–Crippen MR) is 125 cm³/mol. The Bertz CT molecular complexity index is 1080. The molecule has 0 bridgehead atoms. The molecule has 31 heavy (non-hydrogen) atoms. The number of pyridine rings is 1. The second-order valence-electron chi connectivity index (χ2n) is 7.14. The van der Waals surface area contributed by atoms with Crippen molar-refractivity contribution in [2.75, 3.05) is 31.1 Å². The molecule has 0 atom stereocenters. The number of hydrogen-bond donors (Lipinski definition) is 0. The Morgan fingerprint density at radius 1 is 1.19 bits per heavy atom. The van der Waals surface area contributed by atoms with E-state index in [0.717, 1.165) is 27.8 Å². The molecule has 0 aliphatic carbocycles. The first-order valence-corrected chi connectivity index (χ1v) is 11.3. The number of nitrogens with zero attached hydrogens (tertiary/aromatic N) is 4. The average Bonchev–Trinajstić information content (AvgIpc) is 3.22. The minimum absolute atomic E-state index is 0.0169. The number of ether oxygens (including phenoxy) is 1. The second-order valence-corrected chi connectivity index (χ2v) is 8.61. The number of carbonyl (C=O) groups excluding carboxylic acids is 1. The van der Waals surface area contributed by atoms with Gasteiger partial charge in [-0.2, -0.15) is 0 Å². The number of hydrogen-bond acceptors (Lipinski definition) is 6. The standard InChI is InChI=1S/C23H23ClN4O2S/c1-17-26-19(16-31-17)15-30-21-7-3-2-5-18(21)8-9-22(29)27-11-13-28(14-12-27)23-20(24)6-4-10-25-23/h2-10,16H,11-15H2,1H3/b9-8+. The summed E-state index contributed by atoms with van der Waals surface area (Å²) in [6, 6.07) is 11.3. The average molecular weight is 455 g/mol. The third-order valence-corrected chi connectivity index (χ3v) is 6.11. The highest BCUT2D eigenvalue weighted by atomic mass is 35.5. The normalized spacial score (nSPS) is 14.3. The minimum atomic E-state index is -0.0169. The zero-order chi connectivity index (χ0) is 21.6. The second kappa shape index (κ2) is 9.94. The highest BCUT2D eigenvalue weighted by Gasteiger charge is 2.21. The Balaban J connectivity index is 1.35. The summed E-state index contributed by atoms with van der Waals surface area (Å²) in [5, 5.41) is 3.64. The van der Waals surface area contributed by atoms with Gasteiger partial charge in [0.1, 0.15) is 18.2 Å². The zero-order valence-electron chi connectivity index (χ0n) is 17.2. The summed E-state index contributed by atoms with van der Waals surface area (Å²) >= 11 is 7.85. The van der Waals surface area contributed by atoms with Gasteiger partial charge in [-0.3, -0.25) is 4.79 Å². The van der Waals surface area contributed by atoms with Crippen LogP contribution in [0.2, 0.25) is 5.02 Å². The van der Waals surface area contributed by atoms with Gasteiger partial charge in [0, 0.05) is 49.4 Å². The molecule has 6 nitrogen and oxygen atoms in total. The molecule has 2 aromatic heterocycles. The van der Waals surface area contributed by atoms with Crippen LogP contribution in [0.5, 0.6) is 5.75 Å². The first-order chi connectivity index (χ1) is 15.1. The van der Waals surface area contributed by atoms with Gasteiger partial charge in [-0.25, -0.2) is 9.97 Å². The number of aryl methyl sites for hydroxylation is 1. The van der Waals surface area contributed by atoms with E-state index in [1.165, 1.54) is 0 Å². The molecule has 0 spiro atoms. The van der Waals surface area contributed by atoms with Crippen LogP contribution >= 0.6 is 22.9 Å². The zero-order valence-corrected chi connectivity index (χ0v) is 18.8. The molecule has 4 rings (SSSR count). The lowest BCUT2D eigenvalue weighted by molar-refractivity contribution is -0.126. The van der Waals surface area contributed by atoms with Gasteiger partial charge in [-0.1, -0.05) is 29.8 Å². The highest BCUT2D eigenvalue weighted by Crippen LogP contribution is 2.24. The van der Waals surface area contributed by atoms with Crippen LogP contribution in [-0.2, 0) is 11.4 Å². The number of para-hydroxylation sites is 1. The van der Waals surface area contributed by atoms with Crippen LogP contribution in [-0.4, -0.2) is 47.0 Å². The minimum Gasteiger partial charge on any atom is -0.487 e. The van der Waals surface area contributed by atoms with E-state index in [1.807, 2.05) is 59.7 Å². The lowest BCUT2D eigenvalue weighted by Crippen LogP contribution is -2.48. The number of aromatic nitrogens is 2. The first-order valence-electron chi connectivity index (χ1n) is 10.1. The van der Waals surface area contributed by atoms with Gasteiger partial charge in [-0.05, 0) is 31.2 Å². The molecule has 1 aliphatic heterocycles. The molecule has 1 saturated heterocycles. The van der Waals surface area contributed by atoms with Crippen LogP contribution in [0, 0.1) is 6.92 Å². The first kappa shape index (κ1) is 21.3. The Kier molecular flexibility index (Phi) is 6.84. The van der Waals surface area contributed by atoms with Gasteiger partial charge in [0.05, 0.1) is 15.7 Å². The third kappa shape index (κ3) is 5.42. The molecule has 3 heterocycles. The number of amides is 1. The summed E-state index contributed by atoms with van der Waals surface area (Å²) in [4.78, 5) is 25.4. The van der Waals surface area contributed by atoms with Gasteiger partial charge in [0.2, 0.25) is 5.91 Å². The Morgan fingerprint density at radius 2 is 2.00 bits per heavy atom. The van der Waals surface area contributed by atoms with Crippen molar-refractivity contribution in [3.05, 3.63) is 75.3 Å². The Labute approximate surface area is 190 Å². The monoisotopic (exact) mass is 454 g/mol. The van der Waals surface area contributed by atoms with Gasteiger partial charge in [0.15, 0.2) is 0 Å². The van der Waals surface area contributed by atoms with Crippen LogP contribution < -0.4 is 9.64 Å². The van der Waals surface area contributed by atoms with E-state index in [-0.39, 0.29) is 5.91 Å². The van der Waals surface area contributed by atoms with Crippen molar-refractivity contribution in [3.8, 4) is 5.75 Å². The smallest absolute Gasteiger partial charge is 0.246 e. The van der Waals surface area contributed by atoms with E-state index in [9.17, 15) is 4.79 Å². The predicted octanol–water partition coefficient (Wildman–Crippen LogP) is 4.44. The number of halogens is 1. The summed E-state index contributed by atoms with van der Waals surface area (Å²) in [7, 11) is 0. The summed E-state index contributed by atoms with van der Waals surface area (Å²) in [6.45, 7) is 5.02. The molecule has 1 aromatic carbocycles. The van der Waals surface area contributed by atoms with E-state index in [1.54, 1.807) is 23.6 Å². The Morgan fingerprint density at radius 3 is 2.74 bits per heavy atom. The topological polar surface area (TPSA) is 58.6 Å². The molecular formula is C23H23ClN4O2S. The summed E-state index contributed by atoms with van der Waals surface area (Å²) in [6.07, 6.45) is 5.15. The van der Waals surface area contributed by atoms with Crippen molar-refractivity contribution in [1.82, 2.24) is 14.9 Å². The van der Waals surface area contributed by atoms with Gasteiger partial charge >= 0.3 is 0 Å².